The first-order valence-corrected chi connectivity index (χ1v) is 8.02. The summed E-state index contributed by atoms with van der Waals surface area (Å²) >= 11 is 0. The van der Waals surface area contributed by atoms with Crippen molar-refractivity contribution in [2.75, 3.05) is 0 Å². The average Bonchev–Trinajstić information content (AvgIpc) is 3.01. The summed E-state index contributed by atoms with van der Waals surface area (Å²) in [7, 11) is -6.02. The normalized spacial score (nSPS) is 40.1. The van der Waals surface area contributed by atoms with Gasteiger partial charge in [-0.3, -0.25) is 14.1 Å². The molecule has 7 atom stereocenters. The number of hydrogen-bond donors (Lipinski definition) is 3. The summed E-state index contributed by atoms with van der Waals surface area (Å²) in [6.07, 6.45) is -5.13. The highest BCUT2D eigenvalue weighted by Gasteiger charge is 2.69. The number of esters is 2. The molecule has 0 aromatic heterocycles. The van der Waals surface area contributed by atoms with Gasteiger partial charge in [-0.25, -0.2) is 0 Å². The van der Waals surface area contributed by atoms with Crippen molar-refractivity contribution in [3.8, 4) is 0 Å². The molecule has 3 aliphatic rings. The summed E-state index contributed by atoms with van der Waals surface area (Å²) in [5.41, 5.74) is 0. The first kappa shape index (κ1) is 16.5. The fourth-order valence-electron chi connectivity index (χ4n) is 3.72. The zero-order chi connectivity index (χ0) is 17.3. The number of rotatable bonds is 4. The second-order valence-electron chi connectivity index (χ2n) is 5.83. The third-order valence-corrected chi connectivity index (χ3v) is 5.60. The molecule has 0 aromatic carbocycles. The first-order chi connectivity index (χ1) is 10.5. The Labute approximate surface area is 127 Å². The second kappa shape index (κ2) is 4.82. The summed E-state index contributed by atoms with van der Waals surface area (Å²) in [4.78, 5) is 23.7. The van der Waals surface area contributed by atoms with E-state index < -0.39 is 69.5 Å². The van der Waals surface area contributed by atoms with Gasteiger partial charge >= 0.3 is 27.3 Å². The lowest BCUT2D eigenvalue weighted by atomic mass is 9.78. The molecule has 0 aromatic rings. The molecule has 0 spiro atoms. The van der Waals surface area contributed by atoms with Gasteiger partial charge in [0.25, 0.3) is 6.29 Å². The Hall–Kier alpha value is -1.37. The topological polar surface area (TPSA) is 147 Å². The van der Waals surface area contributed by atoms with Gasteiger partial charge in [-0.15, -0.1) is 0 Å². The summed E-state index contributed by atoms with van der Waals surface area (Å²) in [6.45, 7) is 0. The lowest BCUT2D eigenvalue weighted by molar-refractivity contribution is -0.212. The molecule has 1 heterocycles. The number of hydrogen-bond acceptors (Lipinski definition) is 8. The van der Waals surface area contributed by atoms with Crippen LogP contribution < -0.4 is 0 Å². The summed E-state index contributed by atoms with van der Waals surface area (Å²) in [5, 5.41) is 13.9. The standard InChI is InChI=1S/C11H12F2O9S/c12-11(13,23(18,19)20)10(17)22-9(16)4-2-1-3-5(4)8(15)21-7(3)6(2)14/h2-7,10,14,17H,1H2,(H,18,19,20). The third-order valence-electron chi connectivity index (χ3n) is 4.71. The van der Waals surface area contributed by atoms with Gasteiger partial charge in [0.1, 0.15) is 6.10 Å². The molecule has 0 radical (unpaired) electrons. The summed E-state index contributed by atoms with van der Waals surface area (Å²) in [5.74, 6) is -5.80. The molecule has 3 fully saturated rings. The zero-order valence-corrected chi connectivity index (χ0v) is 12.0. The van der Waals surface area contributed by atoms with Gasteiger partial charge in [0.05, 0.1) is 17.9 Å². The molecule has 7 unspecified atom stereocenters. The molecular weight excluding hydrogens is 346 g/mol. The number of fused-ring (bicyclic) bond motifs is 1. The Morgan fingerprint density at radius 1 is 1.39 bits per heavy atom. The molecule has 12 heteroatoms. The van der Waals surface area contributed by atoms with Crippen molar-refractivity contribution >= 4 is 22.1 Å². The molecule has 130 valence electrons. The summed E-state index contributed by atoms with van der Waals surface area (Å²) < 4.78 is 64.7. The van der Waals surface area contributed by atoms with Crippen LogP contribution in [0.3, 0.4) is 0 Å². The molecule has 23 heavy (non-hydrogen) atoms. The number of aliphatic hydroxyl groups excluding tert-OH is 2. The average molecular weight is 358 g/mol. The van der Waals surface area contributed by atoms with Crippen LogP contribution in [-0.2, 0) is 29.2 Å². The number of aliphatic hydroxyl groups is 2. The Balaban J connectivity index is 1.78. The van der Waals surface area contributed by atoms with Crippen molar-refractivity contribution in [3.05, 3.63) is 0 Å². The van der Waals surface area contributed by atoms with Crippen molar-refractivity contribution < 1.29 is 51.0 Å². The highest BCUT2D eigenvalue weighted by molar-refractivity contribution is 7.86. The van der Waals surface area contributed by atoms with Crippen LogP contribution in [0.2, 0.25) is 0 Å². The molecule has 2 aliphatic carbocycles. The van der Waals surface area contributed by atoms with Crippen molar-refractivity contribution in [1.82, 2.24) is 0 Å². The van der Waals surface area contributed by atoms with E-state index in [1.54, 1.807) is 0 Å². The lowest BCUT2D eigenvalue weighted by Gasteiger charge is -2.28. The van der Waals surface area contributed by atoms with E-state index in [9.17, 15) is 31.9 Å². The molecule has 3 N–H and O–H groups in total. The number of carbonyl (C=O) groups is 2. The number of carbonyl (C=O) groups excluding carboxylic acids is 2. The fraction of sp³-hybridized carbons (Fsp3) is 0.818. The van der Waals surface area contributed by atoms with Gasteiger partial charge < -0.3 is 19.7 Å². The predicted octanol–water partition coefficient (Wildman–Crippen LogP) is -1.50. The molecule has 3 rings (SSSR count). The lowest BCUT2D eigenvalue weighted by Crippen LogP contribution is -2.47. The summed E-state index contributed by atoms with van der Waals surface area (Å²) in [6, 6.07) is 0. The Morgan fingerprint density at radius 3 is 2.57 bits per heavy atom. The Morgan fingerprint density at radius 2 is 2.00 bits per heavy atom. The third kappa shape index (κ3) is 2.16. The van der Waals surface area contributed by atoms with Crippen LogP contribution in [0.4, 0.5) is 8.78 Å². The number of alkyl halides is 2. The van der Waals surface area contributed by atoms with E-state index in [1.165, 1.54) is 0 Å². The van der Waals surface area contributed by atoms with Crippen molar-refractivity contribution in [2.45, 2.75) is 30.2 Å². The molecule has 1 aliphatic heterocycles. The van der Waals surface area contributed by atoms with Crippen LogP contribution in [0.5, 0.6) is 0 Å². The molecular formula is C11H12F2O9S. The Kier molecular flexibility index (Phi) is 3.45. The first-order valence-electron chi connectivity index (χ1n) is 6.58. The maximum atomic E-state index is 13.2. The van der Waals surface area contributed by atoms with Crippen molar-refractivity contribution in [2.24, 2.45) is 23.7 Å². The Bertz CT molecular complexity index is 662. The molecule has 9 nitrogen and oxygen atoms in total. The quantitative estimate of drug-likeness (QED) is 0.310. The van der Waals surface area contributed by atoms with Gasteiger partial charge in [-0.1, -0.05) is 0 Å². The van der Waals surface area contributed by atoms with Crippen molar-refractivity contribution in [3.63, 3.8) is 0 Å². The minimum Gasteiger partial charge on any atom is -0.459 e. The van der Waals surface area contributed by atoms with Crippen LogP contribution in [0, 0.1) is 23.7 Å². The molecule has 1 saturated heterocycles. The predicted molar refractivity (Wildman–Crippen MR) is 63.1 cm³/mol. The van der Waals surface area contributed by atoms with E-state index in [2.05, 4.69) is 4.74 Å². The van der Waals surface area contributed by atoms with Gasteiger partial charge in [-0.2, -0.15) is 17.2 Å². The van der Waals surface area contributed by atoms with Gasteiger partial charge in [-0.05, 0) is 6.42 Å². The number of ether oxygens (including phenoxy) is 2. The van der Waals surface area contributed by atoms with E-state index in [0.717, 1.165) is 0 Å². The monoisotopic (exact) mass is 358 g/mol. The van der Waals surface area contributed by atoms with Crippen LogP contribution in [0.1, 0.15) is 6.42 Å². The molecule has 2 bridgehead atoms. The maximum Gasteiger partial charge on any atom is 0.430 e. The highest BCUT2D eigenvalue weighted by atomic mass is 32.2. The van der Waals surface area contributed by atoms with E-state index >= 15 is 0 Å². The maximum absolute atomic E-state index is 13.2. The SMILES string of the molecule is O=C(OC(O)C(F)(F)S(=O)(=O)O)C1C2CC3C(OC(=O)C31)C2O. The second-order valence-corrected chi connectivity index (χ2v) is 7.33. The van der Waals surface area contributed by atoms with Gasteiger partial charge in [0.2, 0.25) is 0 Å². The van der Waals surface area contributed by atoms with Crippen molar-refractivity contribution in [1.29, 1.82) is 0 Å². The number of halogens is 2. The largest absolute Gasteiger partial charge is 0.459 e. The van der Waals surface area contributed by atoms with E-state index in [1.807, 2.05) is 0 Å². The van der Waals surface area contributed by atoms with E-state index in [-0.39, 0.29) is 6.42 Å². The molecule has 2 saturated carbocycles. The zero-order valence-electron chi connectivity index (χ0n) is 11.2. The van der Waals surface area contributed by atoms with Gasteiger partial charge in [0, 0.05) is 11.8 Å². The molecule has 0 amide bonds. The highest BCUT2D eigenvalue weighted by Crippen LogP contribution is 2.58. The van der Waals surface area contributed by atoms with Crippen LogP contribution in [0.25, 0.3) is 0 Å². The van der Waals surface area contributed by atoms with Gasteiger partial charge in [0.15, 0.2) is 0 Å². The van der Waals surface area contributed by atoms with Crippen LogP contribution in [0.15, 0.2) is 0 Å². The fourth-order valence-corrected chi connectivity index (χ4v) is 4.03. The smallest absolute Gasteiger partial charge is 0.430 e. The van der Waals surface area contributed by atoms with E-state index in [4.69, 9.17) is 14.4 Å². The van der Waals surface area contributed by atoms with Crippen LogP contribution >= 0.6 is 0 Å². The van der Waals surface area contributed by atoms with Crippen LogP contribution in [-0.4, -0.2) is 58.9 Å². The minimum atomic E-state index is -6.02. The van der Waals surface area contributed by atoms with E-state index in [0.29, 0.717) is 0 Å². The minimum absolute atomic E-state index is 0.243.